The van der Waals surface area contributed by atoms with Crippen LogP contribution in [0, 0.1) is 0 Å². The molecule has 0 radical (unpaired) electrons. The van der Waals surface area contributed by atoms with Crippen molar-refractivity contribution in [2.75, 3.05) is 0 Å². The van der Waals surface area contributed by atoms with Crippen LogP contribution in [0.1, 0.15) is 5.56 Å². The topological polar surface area (TPSA) is 34.1 Å². The number of benzene rings is 1. The van der Waals surface area contributed by atoms with Crippen molar-refractivity contribution in [2.24, 2.45) is 0 Å². The molecule has 0 saturated carbocycles. The molecule has 0 aliphatic heterocycles. The third-order valence-electron chi connectivity index (χ3n) is 2.85. The van der Waals surface area contributed by atoms with E-state index >= 15 is 0 Å². The van der Waals surface area contributed by atoms with Crippen molar-refractivity contribution in [3.05, 3.63) is 26.6 Å². The van der Waals surface area contributed by atoms with Crippen LogP contribution in [0.2, 0.25) is 0 Å². The molecule has 0 aromatic heterocycles. The van der Waals surface area contributed by atoms with E-state index in [-0.39, 0.29) is 8.95 Å². The van der Waals surface area contributed by atoms with Crippen molar-refractivity contribution >= 4 is 89.5 Å². The summed E-state index contributed by atoms with van der Waals surface area (Å²) < 4.78 is 114. The van der Waals surface area contributed by atoms with Gasteiger partial charge in [0, 0.05) is 15.4 Å². The molecule has 15 heteroatoms. The van der Waals surface area contributed by atoms with Gasteiger partial charge >= 0.3 is 17.4 Å². The third-order valence-corrected chi connectivity index (χ3v) is 6.73. The first-order chi connectivity index (χ1) is 11.3. The van der Waals surface area contributed by atoms with E-state index in [1.807, 2.05) is 0 Å². The van der Waals surface area contributed by atoms with Crippen molar-refractivity contribution in [1.82, 2.24) is 0 Å². The van der Waals surface area contributed by atoms with Crippen LogP contribution >= 0.6 is 79.6 Å². The van der Waals surface area contributed by atoms with Gasteiger partial charge in [-0.25, -0.2) is 8.42 Å². The molecule has 1 aromatic carbocycles. The summed E-state index contributed by atoms with van der Waals surface area (Å²) >= 11 is 14.6. The molecule has 0 atom stereocenters. The van der Waals surface area contributed by atoms with Crippen LogP contribution in [0.25, 0.3) is 0 Å². The molecule has 0 bridgehead atoms. The minimum Gasteiger partial charge on any atom is -0.217 e. The van der Waals surface area contributed by atoms with E-state index < -0.39 is 46.2 Å². The molecule has 0 saturated heterocycles. The predicted molar refractivity (Wildman–Crippen MR) is 98.2 cm³/mol. The van der Waals surface area contributed by atoms with Crippen molar-refractivity contribution in [1.29, 1.82) is 0 Å². The zero-order valence-electron chi connectivity index (χ0n) is 11.6. The van der Waals surface area contributed by atoms with Gasteiger partial charge in [0.1, 0.15) is 2.14 Å². The van der Waals surface area contributed by atoms with Gasteiger partial charge < -0.3 is 0 Å². The Labute approximate surface area is 184 Å². The normalized spacial score (nSPS) is 14.6. The molecule has 0 spiro atoms. The first-order valence-electron chi connectivity index (χ1n) is 5.87. The van der Waals surface area contributed by atoms with E-state index in [2.05, 4.69) is 79.6 Å². The van der Waals surface area contributed by atoms with Gasteiger partial charge in [0.25, 0.3) is 9.84 Å². The van der Waals surface area contributed by atoms with Crippen LogP contribution < -0.4 is 0 Å². The number of hydrogen-bond acceptors (Lipinski definition) is 2. The average Bonchev–Trinajstić information content (AvgIpc) is 2.38. The van der Waals surface area contributed by atoms with Crippen molar-refractivity contribution in [3.8, 4) is 0 Å². The molecule has 0 aliphatic rings. The van der Waals surface area contributed by atoms with Crippen LogP contribution in [0.3, 0.4) is 0 Å². The van der Waals surface area contributed by atoms with Gasteiger partial charge in [-0.3, -0.25) is 0 Å². The van der Waals surface area contributed by atoms with E-state index in [0.29, 0.717) is 6.07 Å². The first kappa shape index (κ1) is 25.1. The largest absolute Gasteiger partial charge is 0.461 e. The zero-order chi connectivity index (χ0) is 20.9. The lowest BCUT2D eigenvalue weighted by Crippen LogP contribution is -2.56. The Balaban J connectivity index is 3.79. The Kier molecular flexibility index (Phi) is 7.46. The second-order valence-electron chi connectivity index (χ2n) is 4.75. The van der Waals surface area contributed by atoms with Crippen LogP contribution in [0.15, 0.2) is 26.0 Å². The standard InChI is InChI=1S/C11H4Br5F7O2S/c12-4-1-6(13)5(3-8(14,15)16)7(2-4)26(24,25)11(22,23)9(17,18)10(19,20)21/h1-2H,3H2. The Morgan fingerprint density at radius 3 is 1.73 bits per heavy atom. The smallest absolute Gasteiger partial charge is 0.217 e. The number of rotatable bonds is 4. The Bertz CT molecular complexity index is 802. The Morgan fingerprint density at radius 1 is 0.885 bits per heavy atom. The molecular weight excluding hydrogens is 729 g/mol. The van der Waals surface area contributed by atoms with E-state index in [0.717, 1.165) is 0 Å². The van der Waals surface area contributed by atoms with E-state index in [9.17, 15) is 39.2 Å². The maximum atomic E-state index is 13.9. The van der Waals surface area contributed by atoms with Gasteiger partial charge in [0.2, 0.25) is 0 Å². The van der Waals surface area contributed by atoms with Crippen LogP contribution in [0.5, 0.6) is 0 Å². The molecular formula is C11H4Br5F7O2S. The van der Waals surface area contributed by atoms with E-state index in [1.54, 1.807) is 0 Å². The maximum Gasteiger partial charge on any atom is 0.461 e. The number of halogens is 12. The number of sulfone groups is 1. The summed E-state index contributed by atoms with van der Waals surface area (Å²) in [7, 11) is -6.45. The average molecular weight is 733 g/mol. The lowest BCUT2D eigenvalue weighted by molar-refractivity contribution is -0.332. The highest BCUT2D eigenvalue weighted by Gasteiger charge is 2.78. The monoisotopic (exact) mass is 728 g/mol. The summed E-state index contributed by atoms with van der Waals surface area (Å²) in [6.45, 7) is 0. The molecule has 0 fully saturated rings. The second kappa shape index (κ2) is 7.73. The van der Waals surface area contributed by atoms with Gasteiger partial charge in [-0.1, -0.05) is 79.6 Å². The fourth-order valence-corrected chi connectivity index (χ4v) is 5.67. The van der Waals surface area contributed by atoms with Crippen molar-refractivity contribution in [3.63, 3.8) is 0 Å². The SMILES string of the molecule is O=S(=O)(c1cc(Br)cc(Br)c1CC(Br)(Br)Br)C(F)(F)C(F)(F)C(F)(F)F. The molecule has 0 unspecified atom stereocenters. The lowest BCUT2D eigenvalue weighted by Gasteiger charge is -2.29. The molecule has 0 N–H and O–H groups in total. The van der Waals surface area contributed by atoms with Gasteiger partial charge in [0.15, 0.2) is 0 Å². The van der Waals surface area contributed by atoms with E-state index in [1.165, 1.54) is 6.07 Å². The predicted octanol–water partition coefficient (Wildman–Crippen LogP) is 7.16. The first-order valence-corrected chi connectivity index (χ1v) is 11.3. The minimum absolute atomic E-state index is 0.112. The van der Waals surface area contributed by atoms with Crippen LogP contribution in [0.4, 0.5) is 30.7 Å². The fourth-order valence-electron chi connectivity index (χ4n) is 1.66. The number of alkyl halides is 10. The maximum absolute atomic E-state index is 13.9. The Hall–Kier alpha value is 1.08. The van der Waals surface area contributed by atoms with Crippen LogP contribution in [-0.2, 0) is 16.3 Å². The third kappa shape index (κ3) is 4.79. The summed E-state index contributed by atoms with van der Waals surface area (Å²) in [5, 5.41) is -6.44. The molecule has 150 valence electrons. The molecule has 0 amide bonds. The van der Waals surface area contributed by atoms with Crippen molar-refractivity contribution in [2.45, 2.75) is 30.8 Å². The lowest BCUT2D eigenvalue weighted by atomic mass is 10.2. The summed E-state index contributed by atoms with van der Waals surface area (Å²) in [5.74, 6) is -6.81. The molecule has 1 aromatic rings. The number of hydrogen-bond donors (Lipinski definition) is 0. The zero-order valence-corrected chi connectivity index (χ0v) is 20.4. The van der Waals surface area contributed by atoms with Crippen LogP contribution in [-0.4, -0.2) is 27.9 Å². The highest BCUT2D eigenvalue weighted by molar-refractivity contribution is 9.39. The molecule has 2 nitrogen and oxygen atoms in total. The molecule has 0 heterocycles. The Morgan fingerprint density at radius 2 is 1.35 bits per heavy atom. The molecule has 26 heavy (non-hydrogen) atoms. The van der Waals surface area contributed by atoms with Gasteiger partial charge in [-0.05, 0) is 17.7 Å². The van der Waals surface area contributed by atoms with Gasteiger partial charge in [-0.2, -0.15) is 30.7 Å². The fraction of sp³-hybridized carbons (Fsp3) is 0.455. The van der Waals surface area contributed by atoms with E-state index in [4.69, 9.17) is 0 Å². The summed E-state index contributed by atoms with van der Waals surface area (Å²) in [4.78, 5) is -1.39. The summed E-state index contributed by atoms with van der Waals surface area (Å²) in [5.41, 5.74) is -0.462. The highest BCUT2D eigenvalue weighted by atomic mass is 80.0. The quantitative estimate of drug-likeness (QED) is 0.244. The van der Waals surface area contributed by atoms with Gasteiger partial charge in [0.05, 0.1) is 4.90 Å². The highest BCUT2D eigenvalue weighted by Crippen LogP contribution is 2.52. The molecule has 1 rings (SSSR count). The second-order valence-corrected chi connectivity index (χ2v) is 15.7. The summed E-state index contributed by atoms with van der Waals surface area (Å²) in [6.07, 6.45) is -7.21. The van der Waals surface area contributed by atoms with Gasteiger partial charge in [-0.15, -0.1) is 0 Å². The summed E-state index contributed by atoms with van der Waals surface area (Å²) in [6, 6.07) is 1.74. The molecule has 0 aliphatic carbocycles. The van der Waals surface area contributed by atoms with Crippen molar-refractivity contribution < 1.29 is 39.2 Å². The minimum atomic E-state index is -6.81.